The Morgan fingerprint density at radius 3 is 2.33 bits per heavy atom. The van der Waals surface area contributed by atoms with Crippen molar-refractivity contribution in [2.45, 2.75) is 44.8 Å². The van der Waals surface area contributed by atoms with Gasteiger partial charge >= 0.3 is 0 Å². The molecule has 2 saturated heterocycles. The standard InChI is InChI=1S/C19H26N2O3/c1-14-7-9-15(10-8-14)17-18(24-13-16(22)20(17)2)19(23)21-11-5-3-4-6-12-21/h7-10,17-18H,3-6,11-13H2,1-2H3/t17-,18+/m0/s1. The molecule has 130 valence electrons. The summed E-state index contributed by atoms with van der Waals surface area (Å²) in [5.74, 6) is -0.0673. The van der Waals surface area contributed by atoms with Gasteiger partial charge in [-0.3, -0.25) is 9.59 Å². The van der Waals surface area contributed by atoms with E-state index < -0.39 is 6.10 Å². The smallest absolute Gasteiger partial charge is 0.254 e. The van der Waals surface area contributed by atoms with Crippen LogP contribution in [0.2, 0.25) is 0 Å². The van der Waals surface area contributed by atoms with Crippen LogP contribution in [0.3, 0.4) is 0 Å². The maximum atomic E-state index is 13.1. The van der Waals surface area contributed by atoms with E-state index in [4.69, 9.17) is 4.74 Å². The summed E-state index contributed by atoms with van der Waals surface area (Å²) < 4.78 is 5.73. The number of amides is 2. The van der Waals surface area contributed by atoms with Gasteiger partial charge in [0.15, 0.2) is 6.10 Å². The molecule has 3 rings (SSSR count). The van der Waals surface area contributed by atoms with Crippen LogP contribution in [-0.4, -0.2) is 54.5 Å². The molecule has 5 heteroatoms. The van der Waals surface area contributed by atoms with Crippen molar-refractivity contribution in [3.63, 3.8) is 0 Å². The first-order valence-electron chi connectivity index (χ1n) is 8.80. The predicted molar refractivity (Wildman–Crippen MR) is 91.5 cm³/mol. The number of benzene rings is 1. The lowest BCUT2D eigenvalue weighted by Crippen LogP contribution is -2.54. The topological polar surface area (TPSA) is 49.9 Å². The molecule has 1 aromatic carbocycles. The summed E-state index contributed by atoms with van der Waals surface area (Å²) in [6, 6.07) is 7.64. The predicted octanol–water partition coefficient (Wildman–Crippen LogP) is 2.30. The van der Waals surface area contributed by atoms with Crippen molar-refractivity contribution < 1.29 is 14.3 Å². The summed E-state index contributed by atoms with van der Waals surface area (Å²) in [4.78, 5) is 28.8. The maximum absolute atomic E-state index is 13.1. The average molecular weight is 330 g/mol. The molecule has 0 unspecified atom stereocenters. The average Bonchev–Trinajstić information content (AvgIpc) is 2.87. The van der Waals surface area contributed by atoms with Crippen LogP contribution in [0.15, 0.2) is 24.3 Å². The first kappa shape index (κ1) is 17.0. The molecule has 0 spiro atoms. The first-order chi connectivity index (χ1) is 11.6. The minimum absolute atomic E-state index is 0.0156. The number of likely N-dealkylation sites (N-methyl/N-ethyl adjacent to an activating group) is 1. The summed E-state index contributed by atoms with van der Waals surface area (Å²) in [5.41, 5.74) is 2.10. The number of aryl methyl sites for hydroxylation is 1. The van der Waals surface area contributed by atoms with Crippen molar-refractivity contribution in [3.05, 3.63) is 35.4 Å². The molecule has 2 aliphatic heterocycles. The molecular formula is C19H26N2O3. The van der Waals surface area contributed by atoms with Gasteiger partial charge in [-0.15, -0.1) is 0 Å². The van der Waals surface area contributed by atoms with Gasteiger partial charge in [-0.1, -0.05) is 42.7 Å². The Morgan fingerprint density at radius 2 is 1.71 bits per heavy atom. The summed E-state index contributed by atoms with van der Waals surface area (Å²) in [6.45, 7) is 3.58. The molecule has 24 heavy (non-hydrogen) atoms. The summed E-state index contributed by atoms with van der Waals surface area (Å²) in [7, 11) is 1.76. The Labute approximate surface area is 143 Å². The molecule has 2 fully saturated rings. The highest BCUT2D eigenvalue weighted by atomic mass is 16.5. The molecule has 5 nitrogen and oxygen atoms in total. The molecule has 0 N–H and O–H groups in total. The number of hydrogen-bond donors (Lipinski definition) is 0. The lowest BCUT2D eigenvalue weighted by molar-refractivity contribution is -0.167. The Kier molecular flexibility index (Phi) is 5.19. The van der Waals surface area contributed by atoms with Crippen LogP contribution in [0.1, 0.15) is 42.9 Å². The monoisotopic (exact) mass is 330 g/mol. The second-order valence-corrected chi connectivity index (χ2v) is 6.83. The van der Waals surface area contributed by atoms with E-state index >= 15 is 0 Å². The van der Waals surface area contributed by atoms with E-state index in [0.717, 1.165) is 37.1 Å². The van der Waals surface area contributed by atoms with Gasteiger partial charge in [0.25, 0.3) is 5.91 Å². The second-order valence-electron chi connectivity index (χ2n) is 6.83. The fourth-order valence-corrected chi connectivity index (χ4v) is 3.55. The Balaban J connectivity index is 1.86. The van der Waals surface area contributed by atoms with Crippen LogP contribution in [-0.2, 0) is 14.3 Å². The highest BCUT2D eigenvalue weighted by molar-refractivity contribution is 5.86. The van der Waals surface area contributed by atoms with Gasteiger partial charge in [-0.05, 0) is 25.3 Å². The largest absolute Gasteiger partial charge is 0.356 e. The lowest BCUT2D eigenvalue weighted by Gasteiger charge is -2.40. The van der Waals surface area contributed by atoms with Crippen LogP contribution in [0.4, 0.5) is 0 Å². The van der Waals surface area contributed by atoms with Gasteiger partial charge in [-0.2, -0.15) is 0 Å². The fourth-order valence-electron chi connectivity index (χ4n) is 3.55. The van der Waals surface area contributed by atoms with Crippen LogP contribution in [0.25, 0.3) is 0 Å². The number of rotatable bonds is 2. The molecule has 2 heterocycles. The second kappa shape index (κ2) is 7.34. The summed E-state index contributed by atoms with van der Waals surface area (Å²) in [5, 5.41) is 0. The Hall–Kier alpha value is -1.88. The minimum Gasteiger partial charge on any atom is -0.356 e. The molecule has 0 bridgehead atoms. The normalized spacial score (nSPS) is 25.5. The Bertz CT molecular complexity index is 591. The number of carbonyl (C=O) groups excluding carboxylic acids is 2. The van der Waals surface area contributed by atoms with Gasteiger partial charge in [0.05, 0.1) is 6.04 Å². The molecular weight excluding hydrogens is 304 g/mol. The maximum Gasteiger partial charge on any atom is 0.254 e. The molecule has 2 aliphatic rings. The number of hydrogen-bond acceptors (Lipinski definition) is 3. The number of likely N-dealkylation sites (tertiary alicyclic amines) is 1. The van der Waals surface area contributed by atoms with Gasteiger partial charge in [0, 0.05) is 20.1 Å². The SMILES string of the molecule is Cc1ccc([C@H]2[C@H](C(=O)N3CCCCCC3)OCC(=O)N2C)cc1. The van der Waals surface area contributed by atoms with Crippen LogP contribution in [0, 0.1) is 6.92 Å². The zero-order valence-corrected chi connectivity index (χ0v) is 14.5. The van der Waals surface area contributed by atoms with Crippen molar-refractivity contribution in [3.8, 4) is 0 Å². The van der Waals surface area contributed by atoms with E-state index in [1.165, 1.54) is 12.8 Å². The van der Waals surface area contributed by atoms with E-state index in [9.17, 15) is 9.59 Å². The quantitative estimate of drug-likeness (QED) is 0.836. The molecule has 0 aromatic heterocycles. The first-order valence-corrected chi connectivity index (χ1v) is 8.80. The Morgan fingerprint density at radius 1 is 1.08 bits per heavy atom. The van der Waals surface area contributed by atoms with E-state index in [2.05, 4.69) is 0 Å². The highest BCUT2D eigenvalue weighted by Crippen LogP contribution is 2.31. The number of morpholine rings is 1. The van der Waals surface area contributed by atoms with E-state index in [0.29, 0.717) is 0 Å². The minimum atomic E-state index is -0.617. The van der Waals surface area contributed by atoms with Gasteiger partial charge < -0.3 is 14.5 Å². The van der Waals surface area contributed by atoms with E-state index in [1.807, 2.05) is 36.1 Å². The number of ether oxygens (including phenoxy) is 1. The molecule has 0 aliphatic carbocycles. The zero-order valence-electron chi connectivity index (χ0n) is 14.5. The molecule has 0 radical (unpaired) electrons. The van der Waals surface area contributed by atoms with Crippen molar-refractivity contribution in [1.82, 2.24) is 9.80 Å². The van der Waals surface area contributed by atoms with Crippen molar-refractivity contribution in [2.75, 3.05) is 26.7 Å². The van der Waals surface area contributed by atoms with E-state index in [1.54, 1.807) is 11.9 Å². The van der Waals surface area contributed by atoms with E-state index in [-0.39, 0.29) is 24.5 Å². The van der Waals surface area contributed by atoms with Gasteiger partial charge in [0.1, 0.15) is 6.61 Å². The highest BCUT2D eigenvalue weighted by Gasteiger charge is 2.41. The third-order valence-corrected chi connectivity index (χ3v) is 5.06. The van der Waals surface area contributed by atoms with Gasteiger partial charge in [-0.25, -0.2) is 0 Å². The third-order valence-electron chi connectivity index (χ3n) is 5.06. The summed E-state index contributed by atoms with van der Waals surface area (Å²) >= 11 is 0. The van der Waals surface area contributed by atoms with Crippen molar-refractivity contribution >= 4 is 11.8 Å². The number of carbonyl (C=O) groups is 2. The lowest BCUT2D eigenvalue weighted by atomic mass is 9.96. The van der Waals surface area contributed by atoms with Crippen molar-refractivity contribution in [2.24, 2.45) is 0 Å². The van der Waals surface area contributed by atoms with Gasteiger partial charge in [0.2, 0.25) is 5.91 Å². The molecule has 1 aromatic rings. The van der Waals surface area contributed by atoms with Crippen LogP contribution in [0.5, 0.6) is 0 Å². The van der Waals surface area contributed by atoms with Crippen LogP contribution < -0.4 is 0 Å². The third kappa shape index (κ3) is 3.46. The molecule has 0 saturated carbocycles. The van der Waals surface area contributed by atoms with Crippen molar-refractivity contribution in [1.29, 1.82) is 0 Å². The summed E-state index contributed by atoms with van der Waals surface area (Å²) in [6.07, 6.45) is 3.82. The fraction of sp³-hybridized carbons (Fsp3) is 0.579. The zero-order chi connectivity index (χ0) is 17.1. The van der Waals surface area contributed by atoms with Crippen LogP contribution >= 0.6 is 0 Å². The number of nitrogens with zero attached hydrogens (tertiary/aromatic N) is 2. The molecule has 2 atom stereocenters. The molecule has 2 amide bonds.